The molecule has 1 fully saturated rings. The molecule has 1 amide bonds. The van der Waals surface area contributed by atoms with Gasteiger partial charge in [0.25, 0.3) is 0 Å². The Kier molecular flexibility index (Phi) is 6.37. The zero-order valence-corrected chi connectivity index (χ0v) is 9.61. The summed E-state index contributed by atoms with van der Waals surface area (Å²) in [6, 6.07) is -0.517. The van der Waals surface area contributed by atoms with E-state index in [9.17, 15) is 4.79 Å². The van der Waals surface area contributed by atoms with Gasteiger partial charge in [-0.15, -0.1) is 0 Å². The molecule has 1 rings (SSSR count). The highest BCUT2D eigenvalue weighted by molar-refractivity contribution is 5.76. The van der Waals surface area contributed by atoms with Gasteiger partial charge < -0.3 is 20.8 Å². The molecule has 4 N–H and O–H groups in total. The Bertz CT molecular complexity index is 201. The Hall–Kier alpha value is -0.650. The third-order valence-electron chi connectivity index (χ3n) is 2.98. The van der Waals surface area contributed by atoms with Crippen molar-refractivity contribution in [2.75, 3.05) is 26.3 Å². The van der Waals surface area contributed by atoms with Crippen LogP contribution in [0.3, 0.4) is 0 Å². The van der Waals surface area contributed by atoms with Crippen LogP contribution in [0.4, 0.5) is 0 Å². The maximum Gasteiger partial charge on any atom is 0.220 e. The zero-order chi connectivity index (χ0) is 11.8. The molecule has 5 heteroatoms. The predicted molar refractivity (Wildman–Crippen MR) is 60.9 cm³/mol. The van der Waals surface area contributed by atoms with Crippen LogP contribution < -0.4 is 10.6 Å². The minimum absolute atomic E-state index is 0.0846. The van der Waals surface area contributed by atoms with Crippen molar-refractivity contribution in [2.45, 2.75) is 31.7 Å². The van der Waals surface area contributed by atoms with Crippen molar-refractivity contribution < 1.29 is 15.0 Å². The fourth-order valence-electron chi connectivity index (χ4n) is 1.95. The minimum Gasteiger partial charge on any atom is -0.394 e. The fourth-order valence-corrected chi connectivity index (χ4v) is 1.95. The summed E-state index contributed by atoms with van der Waals surface area (Å²) in [4.78, 5) is 11.5. The number of aliphatic hydroxyl groups is 2. The number of hydrogen-bond donors (Lipinski definition) is 4. The summed E-state index contributed by atoms with van der Waals surface area (Å²) in [5.74, 6) is 0.500. The number of carbonyl (C=O) groups excluding carboxylic acids is 1. The highest BCUT2D eigenvalue weighted by Gasteiger charge is 2.15. The SMILES string of the molecule is O=C(CCC1CCCNC1)NC(CO)CO. The lowest BCUT2D eigenvalue weighted by Gasteiger charge is -2.22. The standard InChI is InChI=1S/C11H22N2O3/c14-7-10(8-15)13-11(16)4-3-9-2-1-5-12-6-9/h9-10,12,14-15H,1-8H2,(H,13,16). The van der Waals surface area contributed by atoms with E-state index < -0.39 is 6.04 Å². The van der Waals surface area contributed by atoms with Crippen molar-refractivity contribution in [3.05, 3.63) is 0 Å². The van der Waals surface area contributed by atoms with E-state index in [1.54, 1.807) is 0 Å². The zero-order valence-electron chi connectivity index (χ0n) is 9.61. The molecule has 0 aromatic heterocycles. The summed E-state index contributed by atoms with van der Waals surface area (Å²) in [7, 11) is 0. The normalized spacial score (nSPS) is 21.1. The molecule has 94 valence electrons. The number of aliphatic hydroxyl groups excluding tert-OH is 2. The lowest BCUT2D eigenvalue weighted by atomic mass is 9.94. The Morgan fingerprint density at radius 3 is 2.75 bits per heavy atom. The van der Waals surface area contributed by atoms with Crippen LogP contribution in [-0.4, -0.2) is 48.5 Å². The Morgan fingerprint density at radius 2 is 2.19 bits per heavy atom. The first-order chi connectivity index (χ1) is 7.76. The second-order valence-corrected chi connectivity index (χ2v) is 4.38. The van der Waals surface area contributed by atoms with E-state index in [0.717, 1.165) is 19.5 Å². The van der Waals surface area contributed by atoms with E-state index in [4.69, 9.17) is 10.2 Å². The van der Waals surface area contributed by atoms with Crippen LogP contribution >= 0.6 is 0 Å². The van der Waals surface area contributed by atoms with E-state index in [-0.39, 0.29) is 19.1 Å². The van der Waals surface area contributed by atoms with Gasteiger partial charge in [0.15, 0.2) is 0 Å². The Balaban J connectivity index is 2.13. The van der Waals surface area contributed by atoms with Gasteiger partial charge >= 0.3 is 0 Å². The van der Waals surface area contributed by atoms with E-state index in [1.807, 2.05) is 0 Å². The topological polar surface area (TPSA) is 81.6 Å². The molecule has 1 aliphatic heterocycles. The largest absolute Gasteiger partial charge is 0.394 e. The Labute approximate surface area is 96.2 Å². The second kappa shape index (κ2) is 7.60. The summed E-state index contributed by atoms with van der Waals surface area (Å²) >= 11 is 0. The Morgan fingerprint density at radius 1 is 1.44 bits per heavy atom. The van der Waals surface area contributed by atoms with Gasteiger partial charge in [-0.2, -0.15) is 0 Å². The molecule has 1 unspecified atom stereocenters. The van der Waals surface area contributed by atoms with E-state index in [0.29, 0.717) is 12.3 Å². The molecule has 0 bridgehead atoms. The van der Waals surface area contributed by atoms with Gasteiger partial charge in [-0.05, 0) is 38.3 Å². The first-order valence-electron chi connectivity index (χ1n) is 5.98. The van der Waals surface area contributed by atoms with Crippen LogP contribution in [0.1, 0.15) is 25.7 Å². The molecule has 0 radical (unpaired) electrons. The molecule has 1 atom stereocenters. The molecule has 5 nitrogen and oxygen atoms in total. The average molecular weight is 230 g/mol. The van der Waals surface area contributed by atoms with Crippen molar-refractivity contribution in [1.29, 1.82) is 0 Å². The van der Waals surface area contributed by atoms with Gasteiger partial charge in [0.2, 0.25) is 5.91 Å². The number of carbonyl (C=O) groups is 1. The average Bonchev–Trinajstić information content (AvgIpc) is 2.34. The van der Waals surface area contributed by atoms with E-state index in [2.05, 4.69) is 10.6 Å². The van der Waals surface area contributed by atoms with Crippen LogP contribution in [0.25, 0.3) is 0 Å². The smallest absolute Gasteiger partial charge is 0.220 e. The van der Waals surface area contributed by atoms with Crippen molar-refractivity contribution in [3.63, 3.8) is 0 Å². The summed E-state index contributed by atoms with van der Waals surface area (Å²) in [6.45, 7) is 1.65. The highest BCUT2D eigenvalue weighted by Crippen LogP contribution is 2.15. The van der Waals surface area contributed by atoms with Crippen molar-refractivity contribution in [1.82, 2.24) is 10.6 Å². The van der Waals surface area contributed by atoms with E-state index in [1.165, 1.54) is 12.8 Å². The maximum atomic E-state index is 11.5. The summed E-state index contributed by atoms with van der Waals surface area (Å²) in [5, 5.41) is 23.5. The molecule has 1 aliphatic rings. The molecular weight excluding hydrogens is 208 g/mol. The number of nitrogens with one attached hydrogen (secondary N) is 2. The lowest BCUT2D eigenvalue weighted by Crippen LogP contribution is -2.40. The van der Waals surface area contributed by atoms with Crippen LogP contribution in [0, 0.1) is 5.92 Å². The summed E-state index contributed by atoms with van der Waals surface area (Å²) in [6.07, 6.45) is 3.72. The lowest BCUT2D eigenvalue weighted by molar-refractivity contribution is -0.122. The molecule has 0 aliphatic carbocycles. The molecule has 0 spiro atoms. The predicted octanol–water partition coefficient (Wildman–Crippen LogP) is -0.764. The molecule has 1 heterocycles. The monoisotopic (exact) mass is 230 g/mol. The van der Waals surface area contributed by atoms with Gasteiger partial charge in [0, 0.05) is 6.42 Å². The minimum atomic E-state index is -0.517. The molecule has 0 aromatic carbocycles. The summed E-state index contributed by atoms with van der Waals surface area (Å²) in [5.41, 5.74) is 0. The fraction of sp³-hybridized carbons (Fsp3) is 0.909. The molecule has 1 saturated heterocycles. The maximum absolute atomic E-state index is 11.5. The van der Waals surface area contributed by atoms with Crippen molar-refractivity contribution >= 4 is 5.91 Å². The first-order valence-corrected chi connectivity index (χ1v) is 5.98. The summed E-state index contributed by atoms with van der Waals surface area (Å²) < 4.78 is 0. The van der Waals surface area contributed by atoms with Crippen LogP contribution in [0.2, 0.25) is 0 Å². The van der Waals surface area contributed by atoms with Gasteiger partial charge in [0.05, 0.1) is 19.3 Å². The molecule has 0 aromatic rings. The van der Waals surface area contributed by atoms with Crippen molar-refractivity contribution in [2.24, 2.45) is 5.92 Å². The highest BCUT2D eigenvalue weighted by atomic mass is 16.3. The number of amides is 1. The van der Waals surface area contributed by atoms with Crippen molar-refractivity contribution in [3.8, 4) is 0 Å². The number of piperidine rings is 1. The van der Waals surface area contributed by atoms with Gasteiger partial charge in [0.1, 0.15) is 0 Å². The quantitative estimate of drug-likeness (QED) is 0.483. The van der Waals surface area contributed by atoms with Gasteiger partial charge in [-0.1, -0.05) is 0 Å². The van der Waals surface area contributed by atoms with Crippen LogP contribution in [-0.2, 0) is 4.79 Å². The molecule has 0 saturated carbocycles. The van der Waals surface area contributed by atoms with Gasteiger partial charge in [-0.3, -0.25) is 4.79 Å². The molecule has 16 heavy (non-hydrogen) atoms. The van der Waals surface area contributed by atoms with Crippen LogP contribution in [0.5, 0.6) is 0 Å². The number of rotatable bonds is 6. The van der Waals surface area contributed by atoms with Crippen LogP contribution in [0.15, 0.2) is 0 Å². The third kappa shape index (κ3) is 4.92. The van der Waals surface area contributed by atoms with Gasteiger partial charge in [-0.25, -0.2) is 0 Å². The second-order valence-electron chi connectivity index (χ2n) is 4.38. The third-order valence-corrected chi connectivity index (χ3v) is 2.98. The first kappa shape index (κ1) is 13.4. The number of hydrogen-bond acceptors (Lipinski definition) is 4. The van der Waals surface area contributed by atoms with E-state index >= 15 is 0 Å². The molecular formula is C11H22N2O3.